The third-order valence-electron chi connectivity index (χ3n) is 1.25. The quantitative estimate of drug-likeness (QED) is 0.393. The summed E-state index contributed by atoms with van der Waals surface area (Å²) in [5.41, 5.74) is 0. The molecule has 96 valence electrons. The minimum Gasteiger partial charge on any atom is -0.463 e. The highest BCUT2D eigenvalue weighted by Crippen LogP contribution is 2.14. The van der Waals surface area contributed by atoms with Crippen LogP contribution in [-0.2, 0) is 14.2 Å². The Hall–Kier alpha value is -0.980. The van der Waals surface area contributed by atoms with E-state index in [1.807, 2.05) is 0 Å². The molecule has 0 aromatic carbocycles. The molecule has 0 N–H and O–H groups in total. The minimum atomic E-state index is -4.35. The first kappa shape index (κ1) is 15.0. The molecule has 0 aliphatic rings. The monoisotopic (exact) mass is 246 g/mol. The highest BCUT2D eigenvalue weighted by Gasteiger charge is 2.27. The molecule has 0 radical (unpaired) electrons. The molecule has 0 saturated carbocycles. The number of alkyl halides is 4. The predicted molar refractivity (Wildman–Crippen MR) is 48.2 cm³/mol. The van der Waals surface area contributed by atoms with E-state index in [4.69, 9.17) is 4.74 Å². The number of hydrogen-bond acceptors (Lipinski definition) is 3. The van der Waals surface area contributed by atoms with Crippen LogP contribution >= 0.6 is 0 Å². The molecule has 0 aliphatic carbocycles. The van der Waals surface area contributed by atoms with E-state index >= 15 is 0 Å². The molecule has 1 atom stereocenters. The number of halogens is 4. The van der Waals surface area contributed by atoms with Crippen LogP contribution < -0.4 is 0 Å². The third-order valence-corrected chi connectivity index (χ3v) is 1.25. The zero-order valence-corrected chi connectivity index (χ0v) is 9.01. The van der Waals surface area contributed by atoms with Gasteiger partial charge in [-0.2, -0.15) is 13.2 Å². The zero-order valence-electron chi connectivity index (χ0n) is 9.01. The van der Waals surface area contributed by atoms with Crippen molar-refractivity contribution in [3.63, 3.8) is 0 Å². The van der Waals surface area contributed by atoms with Crippen LogP contribution in [0.15, 0.2) is 12.0 Å². The number of allylic oxidation sites excluding steroid dienone is 1. The Balaban J connectivity index is 3.57. The Morgan fingerprint density at radius 2 is 1.94 bits per heavy atom. The van der Waals surface area contributed by atoms with Gasteiger partial charge in [-0.3, -0.25) is 0 Å². The van der Waals surface area contributed by atoms with Gasteiger partial charge in [0.1, 0.15) is 13.2 Å². The normalized spacial score (nSPS) is 14.8. The van der Waals surface area contributed by atoms with Crippen molar-refractivity contribution in [2.24, 2.45) is 0 Å². The standard InChI is InChI=1S/C9H14F4O3/c1-3-8(16-7(2)10)15-5-4-14-6-9(11,12)13/h3,7H,4-6H2,1-2H3. The van der Waals surface area contributed by atoms with E-state index in [1.165, 1.54) is 6.08 Å². The summed E-state index contributed by atoms with van der Waals surface area (Å²) < 4.78 is 60.9. The van der Waals surface area contributed by atoms with Gasteiger partial charge in [0.2, 0.25) is 6.36 Å². The van der Waals surface area contributed by atoms with Crippen LogP contribution in [0.2, 0.25) is 0 Å². The number of ether oxygens (including phenoxy) is 3. The molecule has 0 heterocycles. The second-order valence-corrected chi connectivity index (χ2v) is 2.78. The fourth-order valence-electron chi connectivity index (χ4n) is 0.735. The van der Waals surface area contributed by atoms with Crippen LogP contribution in [0.5, 0.6) is 0 Å². The lowest BCUT2D eigenvalue weighted by atomic mass is 10.6. The predicted octanol–water partition coefficient (Wildman–Crippen LogP) is 2.78. The summed E-state index contributed by atoms with van der Waals surface area (Å²) in [6.07, 6.45) is -4.53. The largest absolute Gasteiger partial charge is 0.463 e. The molecule has 0 rings (SSSR count). The maximum Gasteiger partial charge on any atom is 0.411 e. The Bertz CT molecular complexity index is 213. The van der Waals surface area contributed by atoms with Crippen LogP contribution in [0.4, 0.5) is 17.6 Å². The number of hydrogen-bond donors (Lipinski definition) is 0. The Morgan fingerprint density at radius 1 is 1.31 bits per heavy atom. The summed E-state index contributed by atoms with van der Waals surface area (Å²) in [6, 6.07) is 0. The molecule has 1 unspecified atom stereocenters. The zero-order chi connectivity index (χ0) is 12.6. The Kier molecular flexibility index (Phi) is 6.87. The summed E-state index contributed by atoms with van der Waals surface area (Å²) in [4.78, 5) is 0. The smallest absolute Gasteiger partial charge is 0.411 e. The summed E-state index contributed by atoms with van der Waals surface area (Å²) in [6.45, 7) is 0.993. The Labute approximate surface area is 91.0 Å². The van der Waals surface area contributed by atoms with E-state index in [-0.39, 0.29) is 19.2 Å². The van der Waals surface area contributed by atoms with Crippen molar-refractivity contribution < 1.29 is 31.8 Å². The minimum absolute atomic E-state index is 0.0781. The molecule has 0 amide bonds. The molecular weight excluding hydrogens is 232 g/mol. The summed E-state index contributed by atoms with van der Waals surface area (Å²) in [7, 11) is 0. The molecule has 0 aromatic heterocycles. The molecule has 16 heavy (non-hydrogen) atoms. The first-order valence-electron chi connectivity index (χ1n) is 4.59. The highest BCUT2D eigenvalue weighted by atomic mass is 19.4. The van der Waals surface area contributed by atoms with Gasteiger partial charge in [0, 0.05) is 6.92 Å². The average Bonchev–Trinajstić information content (AvgIpc) is 2.13. The number of rotatable bonds is 7. The highest BCUT2D eigenvalue weighted by molar-refractivity contribution is 4.79. The first-order valence-corrected chi connectivity index (χ1v) is 4.59. The fourth-order valence-corrected chi connectivity index (χ4v) is 0.735. The van der Waals surface area contributed by atoms with E-state index in [1.54, 1.807) is 6.92 Å². The van der Waals surface area contributed by atoms with Crippen LogP contribution in [0, 0.1) is 0 Å². The lowest BCUT2D eigenvalue weighted by Crippen LogP contribution is -2.19. The molecule has 7 heteroatoms. The maximum absolute atomic E-state index is 12.3. The van der Waals surface area contributed by atoms with Gasteiger partial charge in [0.05, 0.1) is 6.61 Å². The van der Waals surface area contributed by atoms with Crippen molar-refractivity contribution in [2.75, 3.05) is 19.8 Å². The van der Waals surface area contributed by atoms with E-state index in [0.29, 0.717) is 0 Å². The lowest BCUT2D eigenvalue weighted by molar-refractivity contribution is -0.177. The third kappa shape index (κ3) is 9.57. The van der Waals surface area contributed by atoms with Crippen molar-refractivity contribution in [2.45, 2.75) is 26.4 Å². The van der Waals surface area contributed by atoms with Crippen molar-refractivity contribution in [3.05, 3.63) is 12.0 Å². The van der Waals surface area contributed by atoms with Gasteiger partial charge >= 0.3 is 6.18 Å². The van der Waals surface area contributed by atoms with Gasteiger partial charge in [-0.1, -0.05) is 0 Å². The van der Waals surface area contributed by atoms with Gasteiger partial charge in [0.25, 0.3) is 5.95 Å². The van der Waals surface area contributed by atoms with Gasteiger partial charge in [-0.05, 0) is 13.0 Å². The molecule has 0 fully saturated rings. The van der Waals surface area contributed by atoms with Gasteiger partial charge in [-0.25, -0.2) is 4.39 Å². The van der Waals surface area contributed by atoms with Crippen LogP contribution in [0.3, 0.4) is 0 Å². The maximum atomic E-state index is 12.3. The van der Waals surface area contributed by atoms with E-state index < -0.39 is 19.1 Å². The molecule has 0 spiro atoms. The molecule has 0 aromatic rings. The molecular formula is C9H14F4O3. The first-order chi connectivity index (χ1) is 7.35. The molecule has 3 nitrogen and oxygen atoms in total. The lowest BCUT2D eigenvalue weighted by Gasteiger charge is -2.12. The molecule has 0 aliphatic heterocycles. The summed E-state index contributed by atoms with van der Waals surface area (Å²) in [5, 5.41) is 0. The van der Waals surface area contributed by atoms with E-state index in [2.05, 4.69) is 9.47 Å². The van der Waals surface area contributed by atoms with Gasteiger partial charge in [-0.15, -0.1) is 0 Å². The summed E-state index contributed by atoms with van der Waals surface area (Å²) in [5.74, 6) is -0.0781. The second-order valence-electron chi connectivity index (χ2n) is 2.78. The van der Waals surface area contributed by atoms with Crippen LogP contribution in [0.1, 0.15) is 13.8 Å². The van der Waals surface area contributed by atoms with Crippen molar-refractivity contribution in [1.82, 2.24) is 0 Å². The SMILES string of the molecule is CC=C(OCCOCC(F)(F)F)OC(C)F. The summed E-state index contributed by atoms with van der Waals surface area (Å²) >= 11 is 0. The van der Waals surface area contributed by atoms with Crippen LogP contribution in [0.25, 0.3) is 0 Å². The second kappa shape index (κ2) is 7.32. The van der Waals surface area contributed by atoms with Gasteiger partial charge in [0.15, 0.2) is 0 Å². The van der Waals surface area contributed by atoms with Gasteiger partial charge < -0.3 is 14.2 Å². The van der Waals surface area contributed by atoms with Crippen molar-refractivity contribution >= 4 is 0 Å². The topological polar surface area (TPSA) is 27.7 Å². The van der Waals surface area contributed by atoms with E-state index in [0.717, 1.165) is 6.92 Å². The average molecular weight is 246 g/mol. The van der Waals surface area contributed by atoms with Crippen LogP contribution in [-0.4, -0.2) is 32.4 Å². The Morgan fingerprint density at radius 3 is 2.38 bits per heavy atom. The van der Waals surface area contributed by atoms with Crippen molar-refractivity contribution in [1.29, 1.82) is 0 Å². The molecule has 0 saturated heterocycles. The van der Waals surface area contributed by atoms with E-state index in [9.17, 15) is 17.6 Å². The molecule has 0 bridgehead atoms. The van der Waals surface area contributed by atoms with Crippen molar-refractivity contribution in [3.8, 4) is 0 Å². The fraction of sp³-hybridized carbons (Fsp3) is 0.778.